The van der Waals surface area contributed by atoms with Crippen LogP contribution in [0.3, 0.4) is 0 Å². The Morgan fingerprint density at radius 1 is 1.14 bits per heavy atom. The van der Waals surface area contributed by atoms with Gasteiger partial charge >= 0.3 is 6.09 Å². The zero-order valence-corrected chi connectivity index (χ0v) is 17.4. The molecule has 158 valence electrons. The average molecular weight is 404 g/mol. The summed E-state index contributed by atoms with van der Waals surface area (Å²) in [5.74, 6) is -0.166. The SMILES string of the molecule is CC(C)(C)OC(=O)NC(C)(C)C(=O)N[C@H](COCc1ccccc1)c1nn[nH]n1. The molecular formula is C19H28N6O4. The van der Waals surface area contributed by atoms with Crippen molar-refractivity contribution in [3.63, 3.8) is 0 Å². The van der Waals surface area contributed by atoms with Crippen LogP contribution in [0.25, 0.3) is 0 Å². The molecule has 0 saturated heterocycles. The quantitative estimate of drug-likeness (QED) is 0.612. The monoisotopic (exact) mass is 404 g/mol. The molecule has 1 heterocycles. The summed E-state index contributed by atoms with van der Waals surface area (Å²) in [4.78, 5) is 24.8. The van der Waals surface area contributed by atoms with Gasteiger partial charge in [0, 0.05) is 0 Å². The van der Waals surface area contributed by atoms with E-state index in [1.165, 1.54) is 0 Å². The van der Waals surface area contributed by atoms with Crippen molar-refractivity contribution in [3.05, 3.63) is 41.7 Å². The van der Waals surface area contributed by atoms with Crippen molar-refractivity contribution in [3.8, 4) is 0 Å². The second kappa shape index (κ2) is 9.46. The van der Waals surface area contributed by atoms with Crippen LogP contribution in [0, 0.1) is 0 Å². The van der Waals surface area contributed by atoms with Gasteiger partial charge in [-0.3, -0.25) is 4.79 Å². The van der Waals surface area contributed by atoms with Gasteiger partial charge in [0.15, 0.2) is 5.82 Å². The number of aromatic amines is 1. The van der Waals surface area contributed by atoms with Crippen molar-refractivity contribution in [2.24, 2.45) is 0 Å². The van der Waals surface area contributed by atoms with E-state index in [1.807, 2.05) is 30.3 Å². The number of benzene rings is 1. The van der Waals surface area contributed by atoms with Crippen molar-refractivity contribution in [1.29, 1.82) is 0 Å². The number of carbonyl (C=O) groups is 2. The number of carbonyl (C=O) groups excluding carboxylic acids is 2. The highest BCUT2D eigenvalue weighted by Crippen LogP contribution is 2.13. The Hall–Kier alpha value is -3.01. The third-order valence-electron chi connectivity index (χ3n) is 3.76. The lowest BCUT2D eigenvalue weighted by molar-refractivity contribution is -0.127. The molecule has 0 fully saturated rings. The van der Waals surface area contributed by atoms with Crippen molar-refractivity contribution in [2.75, 3.05) is 6.61 Å². The first kappa shape index (κ1) is 22.3. The van der Waals surface area contributed by atoms with E-state index in [9.17, 15) is 9.59 Å². The van der Waals surface area contributed by atoms with E-state index >= 15 is 0 Å². The number of rotatable bonds is 8. The van der Waals surface area contributed by atoms with E-state index in [-0.39, 0.29) is 12.4 Å². The lowest BCUT2D eigenvalue weighted by atomic mass is 10.0. The molecule has 1 aromatic heterocycles. The van der Waals surface area contributed by atoms with Crippen molar-refractivity contribution in [1.82, 2.24) is 31.3 Å². The molecule has 29 heavy (non-hydrogen) atoms. The number of nitrogens with one attached hydrogen (secondary N) is 3. The number of hydrogen-bond acceptors (Lipinski definition) is 7. The number of tetrazole rings is 1. The normalized spacial score (nSPS) is 12.9. The molecule has 0 spiro atoms. The molecular weight excluding hydrogens is 376 g/mol. The fourth-order valence-electron chi connectivity index (χ4n) is 2.32. The standard InChI is InChI=1S/C19H28N6O4/c1-18(2,3)29-17(27)21-19(4,5)16(26)20-14(15-22-24-25-23-15)12-28-11-13-9-7-6-8-10-13/h6-10,14H,11-12H2,1-5H3,(H,20,26)(H,21,27)(H,22,23,24,25)/t14-/m1/s1. The van der Waals surface area contributed by atoms with Crippen LogP contribution in [-0.2, 0) is 20.9 Å². The Balaban J connectivity index is 1.98. The number of nitrogens with zero attached hydrogens (tertiary/aromatic N) is 3. The van der Waals surface area contributed by atoms with E-state index < -0.39 is 29.2 Å². The summed E-state index contributed by atoms with van der Waals surface area (Å²) >= 11 is 0. The van der Waals surface area contributed by atoms with Gasteiger partial charge in [-0.1, -0.05) is 35.5 Å². The van der Waals surface area contributed by atoms with Crippen molar-refractivity contribution < 1.29 is 19.1 Å². The molecule has 10 heteroatoms. The molecule has 3 N–H and O–H groups in total. The minimum Gasteiger partial charge on any atom is -0.444 e. The summed E-state index contributed by atoms with van der Waals surface area (Å²) in [5, 5.41) is 19.1. The first-order chi connectivity index (χ1) is 13.6. The molecule has 0 aliphatic heterocycles. The molecule has 1 atom stereocenters. The van der Waals surface area contributed by atoms with Gasteiger partial charge in [0.2, 0.25) is 5.91 Å². The van der Waals surface area contributed by atoms with Crippen molar-refractivity contribution >= 4 is 12.0 Å². The fraction of sp³-hybridized carbons (Fsp3) is 0.526. The smallest absolute Gasteiger partial charge is 0.408 e. The third-order valence-corrected chi connectivity index (χ3v) is 3.76. The highest BCUT2D eigenvalue weighted by atomic mass is 16.6. The molecule has 0 unspecified atom stereocenters. The molecule has 2 aromatic rings. The Morgan fingerprint density at radius 3 is 2.41 bits per heavy atom. The molecule has 0 radical (unpaired) electrons. The van der Waals surface area contributed by atoms with Gasteiger partial charge in [0.05, 0.1) is 13.2 Å². The zero-order valence-electron chi connectivity index (χ0n) is 17.4. The average Bonchev–Trinajstić information content (AvgIpc) is 3.14. The Labute approximate surface area is 169 Å². The molecule has 2 amide bonds. The Kier molecular flexibility index (Phi) is 7.27. The summed E-state index contributed by atoms with van der Waals surface area (Å²) in [6.07, 6.45) is -0.686. The van der Waals surface area contributed by atoms with Gasteiger partial charge in [-0.05, 0) is 40.2 Å². The fourth-order valence-corrected chi connectivity index (χ4v) is 2.32. The van der Waals surface area contributed by atoms with E-state index in [4.69, 9.17) is 9.47 Å². The van der Waals surface area contributed by atoms with Crippen LogP contribution in [0.2, 0.25) is 0 Å². The maximum Gasteiger partial charge on any atom is 0.408 e. The molecule has 1 aromatic carbocycles. The van der Waals surface area contributed by atoms with Crippen LogP contribution >= 0.6 is 0 Å². The first-order valence-electron chi connectivity index (χ1n) is 9.24. The summed E-state index contributed by atoms with van der Waals surface area (Å²) in [6, 6.07) is 8.99. The predicted molar refractivity (Wildman–Crippen MR) is 105 cm³/mol. The van der Waals surface area contributed by atoms with E-state index in [2.05, 4.69) is 31.3 Å². The number of amides is 2. The molecule has 2 rings (SSSR count). The minimum atomic E-state index is -1.23. The van der Waals surface area contributed by atoms with Crippen LogP contribution in [-0.4, -0.2) is 50.4 Å². The van der Waals surface area contributed by atoms with E-state index in [1.54, 1.807) is 34.6 Å². The molecule has 0 aliphatic rings. The lowest BCUT2D eigenvalue weighted by Crippen LogP contribution is -2.56. The number of H-pyrrole nitrogens is 1. The summed E-state index contributed by atoms with van der Waals surface area (Å²) in [7, 11) is 0. The van der Waals surface area contributed by atoms with Crippen LogP contribution in [0.5, 0.6) is 0 Å². The summed E-state index contributed by atoms with van der Waals surface area (Å²) < 4.78 is 10.9. The number of alkyl carbamates (subject to hydrolysis) is 1. The highest BCUT2D eigenvalue weighted by Gasteiger charge is 2.34. The van der Waals surface area contributed by atoms with Gasteiger partial charge in [-0.2, -0.15) is 5.21 Å². The second-order valence-corrected chi connectivity index (χ2v) is 8.05. The largest absolute Gasteiger partial charge is 0.444 e. The summed E-state index contributed by atoms with van der Waals surface area (Å²) in [6.45, 7) is 8.88. The number of ether oxygens (including phenoxy) is 2. The van der Waals surface area contributed by atoms with Gasteiger partial charge < -0.3 is 20.1 Å². The lowest BCUT2D eigenvalue weighted by Gasteiger charge is -2.29. The van der Waals surface area contributed by atoms with E-state index in [0.29, 0.717) is 6.61 Å². The second-order valence-electron chi connectivity index (χ2n) is 8.05. The molecule has 0 bridgehead atoms. The van der Waals surface area contributed by atoms with Gasteiger partial charge in [-0.15, -0.1) is 10.2 Å². The predicted octanol–water partition coefficient (Wildman–Crippen LogP) is 1.88. The van der Waals surface area contributed by atoms with Crippen LogP contribution < -0.4 is 10.6 Å². The maximum absolute atomic E-state index is 12.8. The van der Waals surface area contributed by atoms with Crippen molar-refractivity contribution in [2.45, 2.75) is 58.4 Å². The molecule has 0 aliphatic carbocycles. The van der Waals surface area contributed by atoms with Crippen LogP contribution in [0.1, 0.15) is 52.0 Å². The van der Waals surface area contributed by atoms with Gasteiger partial charge in [-0.25, -0.2) is 4.79 Å². The summed E-state index contributed by atoms with van der Waals surface area (Å²) in [5.41, 5.74) is -0.906. The Morgan fingerprint density at radius 2 is 1.83 bits per heavy atom. The van der Waals surface area contributed by atoms with Crippen LogP contribution in [0.4, 0.5) is 4.79 Å². The minimum absolute atomic E-state index is 0.128. The van der Waals surface area contributed by atoms with Gasteiger partial charge in [0.25, 0.3) is 0 Å². The van der Waals surface area contributed by atoms with Crippen LogP contribution in [0.15, 0.2) is 30.3 Å². The third kappa shape index (κ3) is 7.49. The number of aromatic nitrogens is 4. The maximum atomic E-state index is 12.8. The van der Waals surface area contributed by atoms with Gasteiger partial charge in [0.1, 0.15) is 17.2 Å². The first-order valence-corrected chi connectivity index (χ1v) is 9.24. The molecule has 10 nitrogen and oxygen atoms in total. The topological polar surface area (TPSA) is 131 Å². The Bertz CT molecular complexity index is 787. The molecule has 0 saturated carbocycles. The highest BCUT2D eigenvalue weighted by molar-refractivity contribution is 5.89. The zero-order chi connectivity index (χ0) is 21.5. The number of hydrogen-bond donors (Lipinski definition) is 3. The van der Waals surface area contributed by atoms with E-state index in [0.717, 1.165) is 5.56 Å².